The first-order chi connectivity index (χ1) is 10.4. The van der Waals surface area contributed by atoms with E-state index in [1.807, 2.05) is 6.92 Å². The van der Waals surface area contributed by atoms with Crippen LogP contribution in [0.2, 0.25) is 0 Å². The Morgan fingerprint density at radius 1 is 1.30 bits per heavy atom. The van der Waals surface area contributed by atoms with Crippen molar-refractivity contribution in [3.05, 3.63) is 36.5 Å². The highest BCUT2D eigenvalue weighted by atomic mass is 16.4. The topological polar surface area (TPSA) is 60.7 Å². The lowest BCUT2D eigenvalue weighted by atomic mass is 9.61. The van der Waals surface area contributed by atoms with E-state index in [1.165, 1.54) is 19.4 Å². The van der Waals surface area contributed by atoms with E-state index in [0.29, 0.717) is 11.8 Å². The van der Waals surface area contributed by atoms with Gasteiger partial charge in [-0.05, 0) is 64.2 Å². The van der Waals surface area contributed by atoms with Crippen LogP contribution < -0.4 is 0 Å². The highest BCUT2D eigenvalue weighted by Crippen LogP contribution is 2.48. The van der Waals surface area contributed by atoms with Gasteiger partial charge in [0.2, 0.25) is 0 Å². The lowest BCUT2D eigenvalue weighted by Crippen LogP contribution is -2.44. The first kappa shape index (κ1) is 20.1. The standard InChI is InChI=1S/C20H34O3/c1-8-20(7)10-9-15(12-16(20)13(2)3)14(4)11-17(21)18(22)19(5,6)23/h8,11,15-18,21-23H,1-2,9-10,12H2,3-7H3. The summed E-state index contributed by atoms with van der Waals surface area (Å²) in [6, 6.07) is 0. The Kier molecular flexibility index (Phi) is 6.42. The monoisotopic (exact) mass is 322 g/mol. The van der Waals surface area contributed by atoms with Gasteiger partial charge in [-0.15, -0.1) is 6.58 Å². The molecule has 0 aromatic carbocycles. The van der Waals surface area contributed by atoms with Crippen LogP contribution in [-0.4, -0.2) is 33.1 Å². The van der Waals surface area contributed by atoms with Crippen LogP contribution in [0.4, 0.5) is 0 Å². The van der Waals surface area contributed by atoms with E-state index in [-0.39, 0.29) is 5.41 Å². The first-order valence-electron chi connectivity index (χ1n) is 8.48. The van der Waals surface area contributed by atoms with Crippen molar-refractivity contribution in [1.82, 2.24) is 0 Å². The largest absolute Gasteiger partial charge is 0.388 e. The molecule has 5 atom stereocenters. The summed E-state index contributed by atoms with van der Waals surface area (Å²) in [5, 5.41) is 30.0. The Hall–Kier alpha value is -0.900. The number of aliphatic hydroxyl groups is 3. The molecular formula is C20H34O3. The van der Waals surface area contributed by atoms with Gasteiger partial charge in [0.15, 0.2) is 0 Å². The molecule has 0 aliphatic heterocycles. The maximum atomic E-state index is 10.2. The van der Waals surface area contributed by atoms with Gasteiger partial charge in [0.25, 0.3) is 0 Å². The smallest absolute Gasteiger partial charge is 0.112 e. The van der Waals surface area contributed by atoms with Gasteiger partial charge in [0.05, 0.1) is 5.60 Å². The molecule has 1 saturated carbocycles. The molecule has 0 spiro atoms. The van der Waals surface area contributed by atoms with E-state index in [1.54, 1.807) is 6.08 Å². The minimum atomic E-state index is -1.33. The fraction of sp³-hybridized carbons (Fsp3) is 0.700. The number of aliphatic hydroxyl groups excluding tert-OH is 2. The Morgan fingerprint density at radius 2 is 1.87 bits per heavy atom. The maximum Gasteiger partial charge on any atom is 0.112 e. The van der Waals surface area contributed by atoms with Crippen molar-refractivity contribution in [2.24, 2.45) is 17.3 Å². The van der Waals surface area contributed by atoms with Crippen LogP contribution in [0.25, 0.3) is 0 Å². The SMILES string of the molecule is C=CC1(C)CCC(C(C)=CC(O)C(O)C(C)(C)O)CC1C(=C)C. The van der Waals surface area contributed by atoms with Crippen LogP contribution in [0, 0.1) is 17.3 Å². The average molecular weight is 322 g/mol. The molecule has 5 unspecified atom stereocenters. The summed E-state index contributed by atoms with van der Waals surface area (Å²) in [4.78, 5) is 0. The van der Waals surface area contributed by atoms with Crippen molar-refractivity contribution < 1.29 is 15.3 Å². The minimum Gasteiger partial charge on any atom is -0.388 e. The third kappa shape index (κ3) is 4.79. The van der Waals surface area contributed by atoms with Crippen LogP contribution in [0.3, 0.4) is 0 Å². The second-order valence-corrected chi connectivity index (χ2v) is 8.08. The predicted octanol–water partition coefficient (Wildman–Crippen LogP) is 3.61. The number of rotatable bonds is 6. The molecule has 1 aliphatic rings. The molecule has 0 saturated heterocycles. The van der Waals surface area contributed by atoms with E-state index >= 15 is 0 Å². The lowest BCUT2D eigenvalue weighted by molar-refractivity contribution is -0.0920. The average Bonchev–Trinajstić information content (AvgIpc) is 2.45. The summed E-state index contributed by atoms with van der Waals surface area (Å²) < 4.78 is 0. The van der Waals surface area contributed by atoms with Crippen molar-refractivity contribution in [2.75, 3.05) is 0 Å². The maximum absolute atomic E-state index is 10.2. The van der Waals surface area contributed by atoms with Crippen LogP contribution in [-0.2, 0) is 0 Å². The summed E-state index contributed by atoms with van der Waals surface area (Å²) >= 11 is 0. The first-order valence-corrected chi connectivity index (χ1v) is 8.48. The molecule has 1 aliphatic carbocycles. The summed E-state index contributed by atoms with van der Waals surface area (Å²) in [5.41, 5.74) is 0.984. The lowest BCUT2D eigenvalue weighted by Gasteiger charge is -2.44. The van der Waals surface area contributed by atoms with Crippen LogP contribution >= 0.6 is 0 Å². The van der Waals surface area contributed by atoms with Gasteiger partial charge >= 0.3 is 0 Å². The Morgan fingerprint density at radius 3 is 2.30 bits per heavy atom. The second kappa shape index (κ2) is 7.33. The quantitative estimate of drug-likeness (QED) is 0.655. The van der Waals surface area contributed by atoms with Gasteiger partial charge in [-0.2, -0.15) is 0 Å². The van der Waals surface area contributed by atoms with Crippen LogP contribution in [0.15, 0.2) is 36.5 Å². The zero-order valence-electron chi connectivity index (χ0n) is 15.3. The molecule has 3 N–H and O–H groups in total. The molecule has 0 radical (unpaired) electrons. The van der Waals surface area contributed by atoms with E-state index in [4.69, 9.17) is 0 Å². The van der Waals surface area contributed by atoms with Crippen molar-refractivity contribution in [1.29, 1.82) is 0 Å². The molecule has 3 nitrogen and oxygen atoms in total. The third-order valence-corrected chi connectivity index (χ3v) is 5.53. The molecule has 23 heavy (non-hydrogen) atoms. The van der Waals surface area contributed by atoms with Crippen molar-refractivity contribution in [3.8, 4) is 0 Å². The number of hydrogen-bond acceptors (Lipinski definition) is 3. The van der Waals surface area contributed by atoms with Gasteiger partial charge in [-0.3, -0.25) is 0 Å². The zero-order valence-corrected chi connectivity index (χ0v) is 15.3. The van der Waals surface area contributed by atoms with Crippen LogP contribution in [0.1, 0.15) is 53.9 Å². The van der Waals surface area contributed by atoms with Crippen molar-refractivity contribution in [3.63, 3.8) is 0 Å². The molecular weight excluding hydrogens is 288 g/mol. The van der Waals surface area contributed by atoms with E-state index in [2.05, 4.69) is 33.1 Å². The fourth-order valence-corrected chi connectivity index (χ4v) is 3.67. The predicted molar refractivity (Wildman–Crippen MR) is 96.0 cm³/mol. The van der Waals surface area contributed by atoms with Crippen molar-refractivity contribution in [2.45, 2.75) is 71.7 Å². The molecule has 1 rings (SSSR count). The number of hydrogen-bond donors (Lipinski definition) is 3. The summed E-state index contributed by atoms with van der Waals surface area (Å²) in [5.74, 6) is 0.729. The van der Waals surface area contributed by atoms with Gasteiger partial charge < -0.3 is 15.3 Å². The highest BCUT2D eigenvalue weighted by molar-refractivity contribution is 5.17. The Labute approximate surface area is 141 Å². The Bertz CT molecular complexity index is 472. The molecule has 132 valence electrons. The molecule has 0 heterocycles. The Balaban J connectivity index is 2.89. The molecule has 0 aromatic rings. The molecule has 3 heteroatoms. The number of allylic oxidation sites excluding steroid dienone is 3. The normalized spacial score (nSPS) is 32.3. The second-order valence-electron chi connectivity index (χ2n) is 8.08. The van der Waals surface area contributed by atoms with E-state index < -0.39 is 17.8 Å². The highest BCUT2D eigenvalue weighted by Gasteiger charge is 2.39. The van der Waals surface area contributed by atoms with Crippen LogP contribution in [0.5, 0.6) is 0 Å². The molecule has 0 bridgehead atoms. The minimum absolute atomic E-state index is 0.0772. The molecule has 0 amide bonds. The van der Waals surface area contributed by atoms with Gasteiger partial charge in [-0.25, -0.2) is 0 Å². The fourth-order valence-electron chi connectivity index (χ4n) is 3.67. The van der Waals surface area contributed by atoms with E-state index in [9.17, 15) is 15.3 Å². The van der Waals surface area contributed by atoms with Gasteiger partial charge in [0.1, 0.15) is 12.2 Å². The third-order valence-electron chi connectivity index (χ3n) is 5.53. The molecule has 1 fully saturated rings. The summed E-state index contributed by atoms with van der Waals surface area (Å²) in [6.07, 6.45) is 4.52. The van der Waals surface area contributed by atoms with E-state index in [0.717, 1.165) is 24.8 Å². The van der Waals surface area contributed by atoms with Gasteiger partial charge in [0, 0.05) is 0 Å². The van der Waals surface area contributed by atoms with Gasteiger partial charge in [-0.1, -0.05) is 36.8 Å². The summed E-state index contributed by atoms with van der Waals surface area (Å²) in [7, 11) is 0. The summed E-state index contributed by atoms with van der Waals surface area (Å²) in [6.45, 7) is 17.4. The van der Waals surface area contributed by atoms with Crippen molar-refractivity contribution >= 4 is 0 Å². The molecule has 0 aromatic heterocycles. The zero-order chi connectivity index (χ0) is 18.0.